The summed E-state index contributed by atoms with van der Waals surface area (Å²) in [5.74, 6) is -0.336. The first-order valence-corrected chi connectivity index (χ1v) is 11.9. The highest BCUT2D eigenvalue weighted by molar-refractivity contribution is 7.89. The van der Waals surface area contributed by atoms with Crippen LogP contribution < -0.4 is 5.32 Å². The molecule has 1 aromatic heterocycles. The molecule has 1 amide bonds. The van der Waals surface area contributed by atoms with Crippen molar-refractivity contribution in [3.05, 3.63) is 60.2 Å². The van der Waals surface area contributed by atoms with Crippen molar-refractivity contribution < 1.29 is 22.3 Å². The summed E-state index contributed by atoms with van der Waals surface area (Å²) in [4.78, 5) is 16.4. The van der Waals surface area contributed by atoms with Gasteiger partial charge < -0.3 is 10.1 Å². The van der Waals surface area contributed by atoms with E-state index in [1.807, 2.05) is 0 Å². The number of ether oxygens (including phenoxy) is 1. The molecule has 1 atom stereocenters. The summed E-state index contributed by atoms with van der Waals surface area (Å²) in [7, 11) is -3.65. The van der Waals surface area contributed by atoms with Crippen LogP contribution in [0.2, 0.25) is 0 Å². The van der Waals surface area contributed by atoms with Gasteiger partial charge in [0.2, 0.25) is 10.0 Å². The molecule has 1 unspecified atom stereocenters. The maximum absolute atomic E-state index is 13.1. The van der Waals surface area contributed by atoms with Crippen LogP contribution in [0.1, 0.15) is 36.0 Å². The number of hydrogen-bond acceptors (Lipinski definition) is 5. The average molecular weight is 448 g/mol. The Morgan fingerprint density at radius 2 is 1.97 bits per heavy atom. The van der Waals surface area contributed by atoms with Crippen LogP contribution in [0.3, 0.4) is 0 Å². The molecular weight excluding hydrogens is 421 g/mol. The molecule has 9 heteroatoms. The molecule has 2 aromatic rings. The van der Waals surface area contributed by atoms with Gasteiger partial charge in [-0.25, -0.2) is 12.8 Å². The Bertz CT molecular complexity index is 1010. The van der Waals surface area contributed by atoms with E-state index in [1.54, 1.807) is 18.3 Å². The quantitative estimate of drug-likeness (QED) is 0.761. The normalized spacial score (nSPS) is 21.6. The highest BCUT2D eigenvalue weighted by Gasteiger charge is 2.42. The van der Waals surface area contributed by atoms with Crippen LogP contribution in [0.15, 0.2) is 53.7 Å². The zero-order chi connectivity index (χ0) is 21.9. The lowest BCUT2D eigenvalue weighted by molar-refractivity contribution is -0.119. The predicted molar refractivity (Wildman–Crippen MR) is 112 cm³/mol. The fourth-order valence-corrected chi connectivity index (χ4v) is 5.82. The Hall–Kier alpha value is -2.36. The minimum Gasteiger partial charge on any atom is -0.375 e. The number of pyridine rings is 1. The van der Waals surface area contributed by atoms with E-state index in [9.17, 15) is 17.6 Å². The van der Waals surface area contributed by atoms with Gasteiger partial charge in [0.05, 0.1) is 16.1 Å². The molecule has 2 fully saturated rings. The lowest BCUT2D eigenvalue weighted by atomic mass is 9.80. The van der Waals surface area contributed by atoms with Crippen LogP contribution >= 0.6 is 0 Å². The van der Waals surface area contributed by atoms with Crippen molar-refractivity contribution in [1.29, 1.82) is 0 Å². The number of sulfonamides is 1. The van der Waals surface area contributed by atoms with Gasteiger partial charge in [-0.3, -0.25) is 9.78 Å². The highest BCUT2D eigenvalue weighted by Crippen LogP contribution is 2.38. The van der Waals surface area contributed by atoms with Gasteiger partial charge >= 0.3 is 0 Å². The molecule has 7 nitrogen and oxygen atoms in total. The molecular formula is C22H26FN3O4S. The molecule has 1 N–H and O–H groups in total. The largest absolute Gasteiger partial charge is 0.375 e. The number of aromatic nitrogens is 1. The molecule has 31 heavy (non-hydrogen) atoms. The molecule has 2 aliphatic heterocycles. The molecule has 4 rings (SSSR count). The fourth-order valence-electron chi connectivity index (χ4n) is 4.38. The Labute approximate surface area is 181 Å². The minimum atomic E-state index is -3.65. The fraction of sp³-hybridized carbons (Fsp3) is 0.455. The van der Waals surface area contributed by atoms with Crippen LogP contribution in [-0.2, 0) is 14.8 Å². The summed E-state index contributed by atoms with van der Waals surface area (Å²) in [6.07, 6.45) is 6.00. The number of benzene rings is 1. The van der Waals surface area contributed by atoms with Crippen LogP contribution in [0, 0.1) is 11.7 Å². The number of nitrogens with one attached hydrogen (secondary N) is 1. The number of carbonyl (C=O) groups is 1. The van der Waals surface area contributed by atoms with Gasteiger partial charge in [0.15, 0.2) is 0 Å². The lowest BCUT2D eigenvalue weighted by Crippen LogP contribution is -2.51. The number of carbonyl (C=O) groups excluding carboxylic acids is 1. The van der Waals surface area contributed by atoms with Crippen molar-refractivity contribution in [3.8, 4) is 0 Å². The zero-order valence-corrected chi connectivity index (χ0v) is 18.0. The summed E-state index contributed by atoms with van der Waals surface area (Å²) in [5.41, 5.74) is 0.167. The van der Waals surface area contributed by atoms with Crippen molar-refractivity contribution in [2.75, 3.05) is 26.2 Å². The molecule has 1 aromatic carbocycles. The van der Waals surface area contributed by atoms with Gasteiger partial charge in [0.1, 0.15) is 5.82 Å². The first-order chi connectivity index (χ1) is 14.9. The summed E-state index contributed by atoms with van der Waals surface area (Å²) < 4.78 is 46.4. The average Bonchev–Trinajstić information content (AvgIpc) is 2.79. The summed E-state index contributed by atoms with van der Waals surface area (Å²) in [5, 5.41) is 2.98. The number of piperidine rings is 1. The van der Waals surface area contributed by atoms with Crippen LogP contribution in [0.25, 0.3) is 0 Å². The van der Waals surface area contributed by atoms with Crippen molar-refractivity contribution in [3.63, 3.8) is 0 Å². The third-order valence-corrected chi connectivity index (χ3v) is 8.07. The van der Waals surface area contributed by atoms with Gasteiger partial charge in [0.25, 0.3) is 5.91 Å². The van der Waals surface area contributed by atoms with Gasteiger partial charge in [-0.15, -0.1) is 0 Å². The third-order valence-electron chi connectivity index (χ3n) is 6.16. The first kappa shape index (κ1) is 21.9. The van der Waals surface area contributed by atoms with Gasteiger partial charge in [-0.2, -0.15) is 4.31 Å². The van der Waals surface area contributed by atoms with Gasteiger partial charge in [-0.05, 0) is 68.0 Å². The van der Waals surface area contributed by atoms with E-state index >= 15 is 0 Å². The van der Waals surface area contributed by atoms with E-state index in [1.165, 1.54) is 22.6 Å². The number of amides is 1. The second kappa shape index (κ2) is 9.02. The van der Waals surface area contributed by atoms with Crippen molar-refractivity contribution in [1.82, 2.24) is 14.6 Å². The second-order valence-corrected chi connectivity index (χ2v) is 10.1. The highest BCUT2D eigenvalue weighted by atomic mass is 32.2. The molecule has 0 aliphatic carbocycles. The van der Waals surface area contributed by atoms with Crippen molar-refractivity contribution >= 4 is 15.9 Å². The van der Waals surface area contributed by atoms with E-state index in [4.69, 9.17) is 4.74 Å². The van der Waals surface area contributed by atoms with Crippen LogP contribution in [0.4, 0.5) is 4.39 Å². The molecule has 1 spiro atoms. The number of halogens is 1. The molecule has 2 saturated heterocycles. The standard InChI is InChI=1S/C22H26FN3O4S/c23-19-3-5-20(6-4-19)31(28,29)26-11-8-22(9-12-26)14-17(7-13-30-22)15-25-21(27)18-2-1-10-24-16-18/h1-6,10,16-17H,7-9,11-15H2,(H,25,27). The zero-order valence-electron chi connectivity index (χ0n) is 17.2. The smallest absolute Gasteiger partial charge is 0.252 e. The molecule has 2 aliphatic rings. The molecule has 166 valence electrons. The minimum absolute atomic E-state index is 0.102. The van der Waals surface area contributed by atoms with E-state index in [0.29, 0.717) is 44.6 Å². The third kappa shape index (κ3) is 4.94. The second-order valence-electron chi connectivity index (χ2n) is 8.20. The van der Waals surface area contributed by atoms with Crippen LogP contribution in [-0.4, -0.2) is 55.5 Å². The SMILES string of the molecule is O=C(NCC1CCOC2(CCN(S(=O)(=O)c3ccc(F)cc3)CC2)C1)c1cccnc1. The maximum atomic E-state index is 13.1. The molecule has 0 radical (unpaired) electrons. The predicted octanol–water partition coefficient (Wildman–Crippen LogP) is 2.60. The summed E-state index contributed by atoms with van der Waals surface area (Å²) >= 11 is 0. The number of nitrogens with zero attached hydrogens (tertiary/aromatic N) is 2. The maximum Gasteiger partial charge on any atom is 0.252 e. The molecule has 0 saturated carbocycles. The van der Waals surface area contributed by atoms with Crippen molar-refractivity contribution in [2.45, 2.75) is 36.2 Å². The van der Waals surface area contributed by atoms with E-state index in [0.717, 1.165) is 25.0 Å². The topological polar surface area (TPSA) is 88.6 Å². The molecule has 0 bridgehead atoms. The summed E-state index contributed by atoms with van der Waals surface area (Å²) in [6.45, 7) is 1.86. The summed E-state index contributed by atoms with van der Waals surface area (Å²) in [6, 6.07) is 8.37. The van der Waals surface area contributed by atoms with Crippen molar-refractivity contribution in [2.24, 2.45) is 5.92 Å². The Morgan fingerprint density at radius 1 is 1.23 bits per heavy atom. The first-order valence-electron chi connectivity index (χ1n) is 10.5. The Kier molecular flexibility index (Phi) is 6.36. The number of rotatable bonds is 5. The Morgan fingerprint density at radius 3 is 2.65 bits per heavy atom. The lowest BCUT2D eigenvalue weighted by Gasteiger charge is -2.45. The van der Waals surface area contributed by atoms with E-state index < -0.39 is 15.8 Å². The van der Waals surface area contributed by atoms with Gasteiger partial charge in [-0.1, -0.05) is 0 Å². The van der Waals surface area contributed by atoms with Gasteiger partial charge in [0, 0.05) is 38.6 Å². The molecule has 3 heterocycles. The van der Waals surface area contributed by atoms with E-state index in [2.05, 4.69) is 10.3 Å². The Balaban J connectivity index is 1.33. The number of hydrogen-bond donors (Lipinski definition) is 1. The van der Waals surface area contributed by atoms with E-state index in [-0.39, 0.29) is 22.3 Å². The monoisotopic (exact) mass is 447 g/mol. The van der Waals surface area contributed by atoms with Crippen LogP contribution in [0.5, 0.6) is 0 Å².